The van der Waals surface area contributed by atoms with Crippen LogP contribution < -0.4 is 4.74 Å². The fourth-order valence-electron chi connectivity index (χ4n) is 2.43. The molecule has 1 N–H and O–H groups in total. The van der Waals surface area contributed by atoms with Gasteiger partial charge in [0.2, 0.25) is 0 Å². The van der Waals surface area contributed by atoms with Crippen LogP contribution in [0.15, 0.2) is 48.5 Å². The first-order chi connectivity index (χ1) is 12.5. The number of carboxylic acid groups (broad SMARTS) is 1. The third-order valence-electron chi connectivity index (χ3n) is 3.86. The van der Waals surface area contributed by atoms with Gasteiger partial charge in [-0.05, 0) is 41.8 Å². The van der Waals surface area contributed by atoms with Gasteiger partial charge in [-0.1, -0.05) is 37.3 Å². The Morgan fingerprint density at radius 2 is 1.88 bits per heavy atom. The molecule has 0 fully saturated rings. The smallest absolute Gasteiger partial charge is 0.313 e. The van der Waals surface area contributed by atoms with Crippen LogP contribution in [-0.4, -0.2) is 29.7 Å². The van der Waals surface area contributed by atoms with Crippen LogP contribution in [0.1, 0.15) is 34.0 Å². The predicted octanol–water partition coefficient (Wildman–Crippen LogP) is 4.47. The monoisotopic (exact) mass is 370 g/mol. The van der Waals surface area contributed by atoms with Crippen molar-refractivity contribution in [2.24, 2.45) is 0 Å². The number of thioether (sulfide) groups is 1. The quantitative estimate of drug-likeness (QED) is 0.521. The molecule has 5 heteroatoms. The summed E-state index contributed by atoms with van der Waals surface area (Å²) in [4.78, 5) is 23.1. The summed E-state index contributed by atoms with van der Waals surface area (Å²) in [5, 5.41) is 8.76. The Morgan fingerprint density at radius 3 is 2.50 bits per heavy atom. The van der Waals surface area contributed by atoms with Crippen LogP contribution in [0.2, 0.25) is 0 Å². The molecule has 0 spiro atoms. The molecule has 0 bridgehead atoms. The van der Waals surface area contributed by atoms with Crippen LogP contribution >= 0.6 is 11.8 Å². The molecule has 0 aromatic heterocycles. The highest BCUT2D eigenvalue weighted by atomic mass is 32.2. The Balaban J connectivity index is 2.11. The van der Waals surface area contributed by atoms with Gasteiger partial charge < -0.3 is 9.84 Å². The lowest BCUT2D eigenvalue weighted by molar-refractivity contribution is -0.133. The van der Waals surface area contributed by atoms with Gasteiger partial charge >= 0.3 is 5.97 Å². The number of rotatable bonds is 9. The number of methoxy groups -OCH3 is 1. The number of ether oxygens (including phenoxy) is 1. The molecule has 0 saturated heterocycles. The number of ketones is 1. The van der Waals surface area contributed by atoms with Crippen molar-refractivity contribution in [2.45, 2.75) is 19.1 Å². The molecule has 0 unspecified atom stereocenters. The van der Waals surface area contributed by atoms with Gasteiger partial charge in [0.25, 0.3) is 0 Å². The Hall–Kier alpha value is -2.53. The number of hydrogen-bond acceptors (Lipinski definition) is 4. The summed E-state index contributed by atoms with van der Waals surface area (Å²) >= 11 is 1.27. The first kappa shape index (κ1) is 19.8. The molecule has 0 aliphatic carbocycles. The minimum Gasteiger partial charge on any atom is -0.496 e. The van der Waals surface area contributed by atoms with E-state index in [2.05, 4.69) is 19.1 Å². The number of allylic oxidation sites excluding steroid dienone is 1. The van der Waals surface area contributed by atoms with E-state index >= 15 is 0 Å². The molecule has 0 saturated carbocycles. The predicted molar refractivity (Wildman–Crippen MR) is 106 cm³/mol. The molecule has 0 heterocycles. The summed E-state index contributed by atoms with van der Waals surface area (Å²) in [6, 6.07) is 13.3. The van der Waals surface area contributed by atoms with E-state index in [0.29, 0.717) is 17.1 Å². The number of carbonyl (C=O) groups is 2. The number of benzene rings is 2. The van der Waals surface area contributed by atoms with E-state index in [-0.39, 0.29) is 11.5 Å². The summed E-state index contributed by atoms with van der Waals surface area (Å²) in [5.74, 6) is 0.168. The Labute approximate surface area is 157 Å². The number of carbonyl (C=O) groups excluding carboxylic acids is 1. The molecule has 2 rings (SSSR count). The van der Waals surface area contributed by atoms with Crippen molar-refractivity contribution in [3.05, 3.63) is 70.8 Å². The molecule has 0 atom stereocenters. The van der Waals surface area contributed by atoms with E-state index in [1.165, 1.54) is 17.3 Å². The number of hydrogen-bond donors (Lipinski definition) is 1. The van der Waals surface area contributed by atoms with Crippen molar-refractivity contribution in [1.29, 1.82) is 0 Å². The van der Waals surface area contributed by atoms with E-state index in [0.717, 1.165) is 17.5 Å². The van der Waals surface area contributed by atoms with Crippen molar-refractivity contribution < 1.29 is 19.4 Å². The summed E-state index contributed by atoms with van der Waals surface area (Å²) in [7, 11) is 1.56. The van der Waals surface area contributed by atoms with Crippen LogP contribution in [0.4, 0.5) is 0 Å². The van der Waals surface area contributed by atoms with Crippen LogP contribution in [0.5, 0.6) is 5.75 Å². The summed E-state index contributed by atoms with van der Waals surface area (Å²) in [6.07, 6.45) is 4.33. The van der Waals surface area contributed by atoms with Crippen molar-refractivity contribution in [3.8, 4) is 5.75 Å². The van der Waals surface area contributed by atoms with Gasteiger partial charge in [0, 0.05) is 16.9 Å². The van der Waals surface area contributed by atoms with Gasteiger partial charge in [-0.15, -0.1) is 11.8 Å². The highest BCUT2D eigenvalue weighted by molar-refractivity contribution is 7.99. The normalized spacial score (nSPS) is 10.8. The zero-order valence-electron chi connectivity index (χ0n) is 14.9. The molecular weight excluding hydrogens is 348 g/mol. The standard InChI is InChI=1S/C21H22O4S/c1-3-15-4-6-16(7-5-15)8-10-19(22)17-9-11-20(25-2)18(12-17)13-26-14-21(23)24/h4-12H,3,13-14H2,1-2H3,(H,23,24)/b10-8+. The second-order valence-electron chi connectivity index (χ2n) is 5.71. The lowest BCUT2D eigenvalue weighted by Gasteiger charge is -2.09. The first-order valence-corrected chi connectivity index (χ1v) is 9.46. The highest BCUT2D eigenvalue weighted by Gasteiger charge is 2.09. The topological polar surface area (TPSA) is 63.6 Å². The van der Waals surface area contributed by atoms with E-state index in [1.54, 1.807) is 37.5 Å². The Kier molecular flexibility index (Phi) is 7.48. The lowest BCUT2D eigenvalue weighted by atomic mass is 10.0. The van der Waals surface area contributed by atoms with Crippen molar-refractivity contribution in [3.63, 3.8) is 0 Å². The van der Waals surface area contributed by atoms with Crippen LogP contribution in [0.25, 0.3) is 6.08 Å². The average molecular weight is 370 g/mol. The maximum absolute atomic E-state index is 12.4. The minimum absolute atomic E-state index is 0.00892. The highest BCUT2D eigenvalue weighted by Crippen LogP contribution is 2.25. The Morgan fingerprint density at radius 1 is 1.15 bits per heavy atom. The number of aliphatic carboxylic acids is 1. The molecular formula is C21H22O4S. The number of aryl methyl sites for hydroxylation is 1. The van der Waals surface area contributed by atoms with Crippen molar-refractivity contribution in [2.75, 3.05) is 12.9 Å². The van der Waals surface area contributed by atoms with Gasteiger partial charge in [0.05, 0.1) is 12.9 Å². The maximum atomic E-state index is 12.4. The van der Waals surface area contributed by atoms with E-state index in [4.69, 9.17) is 9.84 Å². The van der Waals surface area contributed by atoms with E-state index in [9.17, 15) is 9.59 Å². The molecule has 0 radical (unpaired) electrons. The molecule has 2 aromatic rings. The molecule has 2 aromatic carbocycles. The molecule has 0 aliphatic heterocycles. The van der Waals surface area contributed by atoms with Crippen LogP contribution in [0, 0.1) is 0 Å². The fourth-order valence-corrected chi connectivity index (χ4v) is 3.15. The van der Waals surface area contributed by atoms with Crippen molar-refractivity contribution in [1.82, 2.24) is 0 Å². The van der Waals surface area contributed by atoms with Gasteiger partial charge in [0.1, 0.15) is 5.75 Å². The van der Waals surface area contributed by atoms with E-state index in [1.807, 2.05) is 12.1 Å². The molecule has 0 amide bonds. The minimum atomic E-state index is -0.863. The zero-order chi connectivity index (χ0) is 18.9. The summed E-state index contributed by atoms with van der Waals surface area (Å²) in [5.41, 5.74) is 3.59. The molecule has 4 nitrogen and oxygen atoms in total. The molecule has 26 heavy (non-hydrogen) atoms. The second-order valence-corrected chi connectivity index (χ2v) is 6.69. The number of carboxylic acids is 1. The second kappa shape index (κ2) is 9.82. The Bertz CT molecular complexity index is 794. The first-order valence-electron chi connectivity index (χ1n) is 8.31. The third kappa shape index (κ3) is 5.77. The lowest BCUT2D eigenvalue weighted by Crippen LogP contribution is -2.01. The maximum Gasteiger partial charge on any atom is 0.313 e. The van der Waals surface area contributed by atoms with Gasteiger partial charge in [-0.3, -0.25) is 9.59 Å². The van der Waals surface area contributed by atoms with E-state index < -0.39 is 5.97 Å². The van der Waals surface area contributed by atoms with Crippen LogP contribution in [-0.2, 0) is 17.0 Å². The molecule has 136 valence electrons. The van der Waals surface area contributed by atoms with Crippen molar-refractivity contribution >= 4 is 29.6 Å². The third-order valence-corrected chi connectivity index (χ3v) is 4.83. The van der Waals surface area contributed by atoms with Gasteiger partial charge in [0.15, 0.2) is 5.78 Å². The van der Waals surface area contributed by atoms with Gasteiger partial charge in [-0.2, -0.15) is 0 Å². The molecule has 0 aliphatic rings. The summed E-state index contributed by atoms with van der Waals surface area (Å²) in [6.45, 7) is 2.10. The largest absolute Gasteiger partial charge is 0.496 e. The average Bonchev–Trinajstić information content (AvgIpc) is 2.66. The fraction of sp³-hybridized carbons (Fsp3) is 0.238. The SMILES string of the molecule is CCc1ccc(/C=C/C(=O)c2ccc(OC)c(CSCC(=O)O)c2)cc1. The summed E-state index contributed by atoms with van der Waals surface area (Å²) < 4.78 is 5.30. The van der Waals surface area contributed by atoms with Gasteiger partial charge in [-0.25, -0.2) is 0 Å². The zero-order valence-corrected chi connectivity index (χ0v) is 15.7. The van der Waals surface area contributed by atoms with Crippen LogP contribution in [0.3, 0.4) is 0 Å².